The third-order valence-electron chi connectivity index (χ3n) is 2.51. The summed E-state index contributed by atoms with van der Waals surface area (Å²) in [4.78, 5) is -0.772. The van der Waals surface area contributed by atoms with Gasteiger partial charge in [0, 0.05) is 6.54 Å². The molecular weight excluding hydrogens is 281 g/mol. The summed E-state index contributed by atoms with van der Waals surface area (Å²) in [6, 6.07) is 4.06. The van der Waals surface area contributed by atoms with Gasteiger partial charge >= 0.3 is 6.18 Å². The van der Waals surface area contributed by atoms with E-state index >= 15 is 0 Å². The van der Waals surface area contributed by atoms with Crippen molar-refractivity contribution in [3.63, 3.8) is 0 Å². The standard InChI is InChI=1S/C11H15F3N2O2S/c1-8(6-15)7-16-19(17,18)10-5-3-2-4-9(10)11(12,13)14/h2-5,8,16H,6-7,15H2,1H3. The molecule has 1 rings (SSSR count). The van der Waals surface area contributed by atoms with Gasteiger partial charge in [-0.15, -0.1) is 0 Å². The summed E-state index contributed by atoms with van der Waals surface area (Å²) in [7, 11) is -4.20. The lowest BCUT2D eigenvalue weighted by atomic mass is 10.2. The molecule has 19 heavy (non-hydrogen) atoms. The highest BCUT2D eigenvalue weighted by Crippen LogP contribution is 2.33. The summed E-state index contributed by atoms with van der Waals surface area (Å²) in [5.41, 5.74) is 4.15. The number of rotatable bonds is 5. The lowest BCUT2D eigenvalue weighted by Gasteiger charge is -2.15. The number of halogens is 3. The molecule has 0 aliphatic rings. The molecule has 1 atom stereocenters. The molecule has 108 valence electrons. The van der Waals surface area contributed by atoms with Crippen LogP contribution in [0, 0.1) is 5.92 Å². The van der Waals surface area contributed by atoms with Gasteiger partial charge in [-0.05, 0) is 24.6 Å². The molecule has 4 nitrogen and oxygen atoms in total. The van der Waals surface area contributed by atoms with E-state index in [-0.39, 0.29) is 19.0 Å². The Kier molecular flexibility index (Phi) is 4.94. The van der Waals surface area contributed by atoms with E-state index in [1.54, 1.807) is 6.92 Å². The molecule has 0 spiro atoms. The Balaban J connectivity index is 3.09. The quantitative estimate of drug-likeness (QED) is 0.866. The first-order valence-electron chi connectivity index (χ1n) is 5.54. The molecule has 0 saturated carbocycles. The smallest absolute Gasteiger partial charge is 0.330 e. The minimum atomic E-state index is -4.72. The zero-order valence-corrected chi connectivity index (χ0v) is 11.1. The Bertz CT molecular complexity index is 529. The van der Waals surface area contributed by atoms with Crippen molar-refractivity contribution in [2.24, 2.45) is 11.7 Å². The molecule has 8 heteroatoms. The highest BCUT2D eigenvalue weighted by atomic mass is 32.2. The van der Waals surface area contributed by atoms with E-state index in [1.165, 1.54) is 6.07 Å². The molecule has 0 amide bonds. The maximum absolute atomic E-state index is 12.7. The number of alkyl halides is 3. The molecule has 0 bridgehead atoms. The normalized spacial score (nSPS) is 14.4. The van der Waals surface area contributed by atoms with Crippen LogP contribution in [0.5, 0.6) is 0 Å². The van der Waals surface area contributed by atoms with E-state index in [0.29, 0.717) is 0 Å². The van der Waals surface area contributed by atoms with Gasteiger partial charge in [-0.3, -0.25) is 0 Å². The maximum Gasteiger partial charge on any atom is 0.417 e. The van der Waals surface area contributed by atoms with E-state index in [4.69, 9.17) is 5.73 Å². The van der Waals surface area contributed by atoms with Crippen LogP contribution in [0.4, 0.5) is 13.2 Å². The van der Waals surface area contributed by atoms with Crippen molar-refractivity contribution in [3.05, 3.63) is 29.8 Å². The molecule has 1 unspecified atom stereocenters. The van der Waals surface area contributed by atoms with Crippen LogP contribution >= 0.6 is 0 Å². The van der Waals surface area contributed by atoms with E-state index < -0.39 is 26.7 Å². The van der Waals surface area contributed by atoms with Gasteiger partial charge in [0.15, 0.2) is 0 Å². The topological polar surface area (TPSA) is 72.2 Å². The lowest BCUT2D eigenvalue weighted by Crippen LogP contribution is -2.32. The average molecular weight is 296 g/mol. The summed E-state index contributed by atoms with van der Waals surface area (Å²) in [5.74, 6) is -0.159. The van der Waals surface area contributed by atoms with Gasteiger partial charge in [-0.1, -0.05) is 19.1 Å². The first kappa shape index (κ1) is 15.9. The van der Waals surface area contributed by atoms with Crippen LogP contribution in [0.25, 0.3) is 0 Å². The summed E-state index contributed by atoms with van der Waals surface area (Å²) < 4.78 is 64.1. The average Bonchev–Trinajstić information content (AvgIpc) is 2.35. The Labute approximate surface area is 109 Å². The van der Waals surface area contributed by atoms with Gasteiger partial charge in [0.25, 0.3) is 0 Å². The minimum Gasteiger partial charge on any atom is -0.330 e. The van der Waals surface area contributed by atoms with Crippen LogP contribution in [-0.4, -0.2) is 21.5 Å². The van der Waals surface area contributed by atoms with Crippen molar-refractivity contribution in [2.45, 2.75) is 18.0 Å². The van der Waals surface area contributed by atoms with Gasteiger partial charge < -0.3 is 5.73 Å². The van der Waals surface area contributed by atoms with E-state index in [9.17, 15) is 21.6 Å². The molecule has 1 aromatic rings. The van der Waals surface area contributed by atoms with Crippen molar-refractivity contribution in [1.82, 2.24) is 4.72 Å². The van der Waals surface area contributed by atoms with Crippen molar-refractivity contribution in [1.29, 1.82) is 0 Å². The number of nitrogens with one attached hydrogen (secondary N) is 1. The molecule has 0 saturated heterocycles. The monoisotopic (exact) mass is 296 g/mol. The molecule has 0 fully saturated rings. The van der Waals surface area contributed by atoms with Crippen molar-refractivity contribution in [2.75, 3.05) is 13.1 Å². The Morgan fingerprint density at radius 3 is 2.42 bits per heavy atom. The highest BCUT2D eigenvalue weighted by Gasteiger charge is 2.36. The molecule has 0 aliphatic heterocycles. The lowest BCUT2D eigenvalue weighted by molar-refractivity contribution is -0.139. The van der Waals surface area contributed by atoms with Crippen LogP contribution in [-0.2, 0) is 16.2 Å². The molecule has 3 N–H and O–H groups in total. The van der Waals surface area contributed by atoms with Crippen molar-refractivity contribution in [3.8, 4) is 0 Å². The first-order chi connectivity index (χ1) is 8.68. The molecule has 0 aliphatic carbocycles. The molecular formula is C11H15F3N2O2S. The zero-order chi connectivity index (χ0) is 14.7. The fraction of sp³-hybridized carbons (Fsp3) is 0.455. The SMILES string of the molecule is CC(CN)CNS(=O)(=O)c1ccccc1C(F)(F)F. The number of hydrogen-bond acceptors (Lipinski definition) is 3. The molecule has 0 heterocycles. The van der Waals surface area contributed by atoms with Crippen LogP contribution in [0.3, 0.4) is 0 Å². The second kappa shape index (κ2) is 5.89. The fourth-order valence-corrected chi connectivity index (χ4v) is 2.74. The van der Waals surface area contributed by atoms with Crippen molar-refractivity contribution >= 4 is 10.0 Å². The Hall–Kier alpha value is -1.12. The predicted molar refractivity (Wildman–Crippen MR) is 64.9 cm³/mol. The second-order valence-corrected chi connectivity index (χ2v) is 5.92. The third kappa shape index (κ3) is 4.19. The molecule has 0 radical (unpaired) electrons. The van der Waals surface area contributed by atoms with E-state index in [0.717, 1.165) is 18.2 Å². The van der Waals surface area contributed by atoms with Gasteiger partial charge in [0.1, 0.15) is 0 Å². The van der Waals surface area contributed by atoms with Gasteiger partial charge in [0.05, 0.1) is 10.5 Å². The summed E-state index contributed by atoms with van der Waals surface area (Å²) in [5, 5.41) is 0. The number of hydrogen-bond donors (Lipinski definition) is 2. The minimum absolute atomic E-state index is 0.00890. The largest absolute Gasteiger partial charge is 0.417 e. The Morgan fingerprint density at radius 1 is 1.32 bits per heavy atom. The molecule has 1 aromatic carbocycles. The summed E-state index contributed by atoms with van der Waals surface area (Å²) in [6.07, 6.45) is -4.72. The summed E-state index contributed by atoms with van der Waals surface area (Å²) in [6.45, 7) is 1.92. The van der Waals surface area contributed by atoms with Gasteiger partial charge in [-0.2, -0.15) is 13.2 Å². The summed E-state index contributed by atoms with van der Waals surface area (Å²) >= 11 is 0. The first-order valence-corrected chi connectivity index (χ1v) is 7.02. The van der Waals surface area contributed by atoms with Crippen LogP contribution in [0.1, 0.15) is 12.5 Å². The zero-order valence-electron chi connectivity index (χ0n) is 10.2. The van der Waals surface area contributed by atoms with E-state index in [2.05, 4.69) is 4.72 Å². The fourth-order valence-electron chi connectivity index (χ4n) is 1.35. The highest BCUT2D eigenvalue weighted by molar-refractivity contribution is 7.89. The second-order valence-electron chi connectivity index (χ2n) is 4.19. The van der Waals surface area contributed by atoms with Gasteiger partial charge in [-0.25, -0.2) is 13.1 Å². The van der Waals surface area contributed by atoms with Crippen LogP contribution in [0.15, 0.2) is 29.2 Å². The number of nitrogens with two attached hydrogens (primary N) is 1. The predicted octanol–water partition coefficient (Wildman–Crippen LogP) is 1.58. The Morgan fingerprint density at radius 2 is 1.89 bits per heavy atom. The number of sulfonamides is 1. The van der Waals surface area contributed by atoms with E-state index in [1.807, 2.05) is 0 Å². The molecule has 0 aromatic heterocycles. The third-order valence-corrected chi connectivity index (χ3v) is 3.99. The van der Waals surface area contributed by atoms with Gasteiger partial charge in [0.2, 0.25) is 10.0 Å². The maximum atomic E-state index is 12.7. The van der Waals surface area contributed by atoms with Crippen LogP contribution < -0.4 is 10.5 Å². The number of benzene rings is 1. The van der Waals surface area contributed by atoms with Crippen LogP contribution in [0.2, 0.25) is 0 Å². The van der Waals surface area contributed by atoms with Crippen molar-refractivity contribution < 1.29 is 21.6 Å².